The lowest BCUT2D eigenvalue weighted by Gasteiger charge is -2.24. The Balaban J connectivity index is 2.43. The maximum atomic E-state index is 8.78. The van der Waals surface area contributed by atoms with Gasteiger partial charge in [-0.2, -0.15) is 0 Å². The summed E-state index contributed by atoms with van der Waals surface area (Å²) in [6, 6.07) is 8.47. The second-order valence-electron chi connectivity index (χ2n) is 4.24. The van der Waals surface area contributed by atoms with Crippen LogP contribution in [0.5, 0.6) is 0 Å². The molecule has 0 aromatic heterocycles. The maximum absolute atomic E-state index is 8.78. The predicted molar refractivity (Wildman–Crippen MR) is 69.0 cm³/mol. The number of hydrogen-bond donors (Lipinski definition) is 1. The van der Waals surface area contributed by atoms with E-state index in [0.717, 1.165) is 24.4 Å². The molecule has 90 valence electrons. The molecule has 1 atom stereocenters. The lowest BCUT2D eigenvalue weighted by molar-refractivity contribution is 0.214. The molecule has 0 aliphatic rings. The monoisotopic (exact) mass is 241 g/mol. The Labute approximate surface area is 103 Å². The average Bonchev–Trinajstić information content (AvgIpc) is 2.29. The van der Waals surface area contributed by atoms with Crippen molar-refractivity contribution in [2.75, 3.05) is 20.2 Å². The molecule has 16 heavy (non-hydrogen) atoms. The number of aliphatic hydroxyl groups is 1. The van der Waals surface area contributed by atoms with Gasteiger partial charge in [0.05, 0.1) is 0 Å². The molecule has 2 nitrogen and oxygen atoms in total. The van der Waals surface area contributed by atoms with Crippen molar-refractivity contribution in [2.24, 2.45) is 0 Å². The highest BCUT2D eigenvalue weighted by Crippen LogP contribution is 2.12. The zero-order chi connectivity index (χ0) is 12.0. The van der Waals surface area contributed by atoms with Crippen molar-refractivity contribution < 1.29 is 5.11 Å². The molecule has 0 spiro atoms. The quantitative estimate of drug-likeness (QED) is 0.828. The van der Waals surface area contributed by atoms with Gasteiger partial charge in [-0.3, -0.25) is 0 Å². The van der Waals surface area contributed by atoms with Crippen LogP contribution in [0.3, 0.4) is 0 Å². The number of benzene rings is 1. The van der Waals surface area contributed by atoms with Gasteiger partial charge >= 0.3 is 0 Å². The van der Waals surface area contributed by atoms with Gasteiger partial charge in [0.25, 0.3) is 0 Å². The van der Waals surface area contributed by atoms with Crippen LogP contribution in [0.2, 0.25) is 5.02 Å². The van der Waals surface area contributed by atoms with Gasteiger partial charge in [-0.15, -0.1) is 0 Å². The third-order valence-corrected chi connectivity index (χ3v) is 3.12. The Morgan fingerprint density at radius 3 is 2.50 bits per heavy atom. The van der Waals surface area contributed by atoms with Gasteiger partial charge in [0.15, 0.2) is 0 Å². The Bertz CT molecular complexity index is 299. The van der Waals surface area contributed by atoms with Crippen molar-refractivity contribution in [3.8, 4) is 0 Å². The maximum Gasteiger partial charge on any atom is 0.0443 e. The number of hydrogen-bond acceptors (Lipinski definition) is 2. The lowest BCUT2D eigenvalue weighted by Crippen LogP contribution is -2.32. The van der Waals surface area contributed by atoms with Crippen LogP contribution in [0, 0.1) is 0 Å². The number of rotatable bonds is 6. The Hall–Kier alpha value is -0.570. The SMILES string of the molecule is CC(Cc1ccc(Cl)cc1)N(C)CCCO. The standard InChI is InChI=1S/C13H20ClNO/c1-11(15(2)8-3-9-16)10-12-4-6-13(14)7-5-12/h4-7,11,16H,3,8-10H2,1-2H3. The highest BCUT2D eigenvalue weighted by molar-refractivity contribution is 6.30. The normalized spacial score (nSPS) is 13.1. The van der Waals surface area contributed by atoms with Crippen LogP contribution in [-0.2, 0) is 6.42 Å². The number of aliphatic hydroxyl groups excluding tert-OH is 1. The number of nitrogens with zero attached hydrogens (tertiary/aromatic N) is 1. The van der Waals surface area contributed by atoms with Gasteiger partial charge < -0.3 is 10.0 Å². The summed E-state index contributed by atoms with van der Waals surface area (Å²) in [5.74, 6) is 0. The first-order valence-electron chi connectivity index (χ1n) is 5.69. The largest absolute Gasteiger partial charge is 0.396 e. The zero-order valence-corrected chi connectivity index (χ0v) is 10.7. The van der Waals surface area contributed by atoms with Crippen molar-refractivity contribution in [1.29, 1.82) is 0 Å². The second kappa shape index (κ2) is 6.89. The molecule has 0 bridgehead atoms. The van der Waals surface area contributed by atoms with Gasteiger partial charge in [0, 0.05) is 24.2 Å². The predicted octanol–water partition coefficient (Wildman–Crippen LogP) is 2.59. The van der Waals surface area contributed by atoms with Crippen LogP contribution < -0.4 is 0 Å². The summed E-state index contributed by atoms with van der Waals surface area (Å²) in [4.78, 5) is 2.27. The molecule has 1 N–H and O–H groups in total. The first kappa shape index (κ1) is 13.5. The van der Waals surface area contributed by atoms with E-state index >= 15 is 0 Å². The molecule has 1 unspecified atom stereocenters. The van der Waals surface area contributed by atoms with E-state index in [1.165, 1.54) is 5.56 Å². The first-order valence-corrected chi connectivity index (χ1v) is 6.07. The molecule has 0 radical (unpaired) electrons. The molecule has 0 amide bonds. The van der Waals surface area contributed by atoms with E-state index in [9.17, 15) is 0 Å². The molecule has 0 saturated carbocycles. The first-order chi connectivity index (χ1) is 7.63. The third-order valence-electron chi connectivity index (χ3n) is 2.87. The molecule has 0 saturated heterocycles. The van der Waals surface area contributed by atoms with Crippen LogP contribution >= 0.6 is 11.6 Å². The van der Waals surface area contributed by atoms with Crippen LogP contribution in [-0.4, -0.2) is 36.2 Å². The molecule has 0 aliphatic carbocycles. The van der Waals surface area contributed by atoms with Crippen molar-refractivity contribution in [1.82, 2.24) is 4.90 Å². The third kappa shape index (κ3) is 4.52. The van der Waals surface area contributed by atoms with Gasteiger partial charge in [0.1, 0.15) is 0 Å². The molecule has 3 heteroatoms. The Morgan fingerprint density at radius 1 is 1.31 bits per heavy atom. The van der Waals surface area contributed by atoms with Crippen LogP contribution in [0.1, 0.15) is 18.9 Å². The van der Waals surface area contributed by atoms with E-state index in [0.29, 0.717) is 6.04 Å². The Kier molecular flexibility index (Phi) is 5.81. The molecule has 0 aliphatic heterocycles. The summed E-state index contributed by atoms with van der Waals surface area (Å²) in [5, 5.41) is 9.56. The van der Waals surface area contributed by atoms with E-state index in [-0.39, 0.29) is 6.61 Å². The summed E-state index contributed by atoms with van der Waals surface area (Å²) >= 11 is 5.84. The topological polar surface area (TPSA) is 23.5 Å². The minimum atomic E-state index is 0.262. The number of halogens is 1. The fraction of sp³-hybridized carbons (Fsp3) is 0.538. The minimum absolute atomic E-state index is 0.262. The Morgan fingerprint density at radius 2 is 1.94 bits per heavy atom. The summed E-state index contributed by atoms with van der Waals surface area (Å²) in [6.45, 7) is 3.40. The number of likely N-dealkylation sites (N-methyl/N-ethyl adjacent to an activating group) is 1. The van der Waals surface area contributed by atoms with E-state index in [1.807, 2.05) is 12.1 Å². The van der Waals surface area contributed by atoms with E-state index in [1.54, 1.807) is 0 Å². The zero-order valence-electron chi connectivity index (χ0n) is 9.99. The fourth-order valence-corrected chi connectivity index (χ4v) is 1.78. The second-order valence-corrected chi connectivity index (χ2v) is 4.67. The van der Waals surface area contributed by atoms with E-state index < -0.39 is 0 Å². The van der Waals surface area contributed by atoms with E-state index in [2.05, 4.69) is 31.0 Å². The van der Waals surface area contributed by atoms with Crippen LogP contribution in [0.4, 0.5) is 0 Å². The summed E-state index contributed by atoms with van der Waals surface area (Å²) < 4.78 is 0. The average molecular weight is 242 g/mol. The molecule has 1 rings (SSSR count). The van der Waals surface area contributed by atoms with Gasteiger partial charge in [-0.1, -0.05) is 23.7 Å². The van der Waals surface area contributed by atoms with Crippen LogP contribution in [0.25, 0.3) is 0 Å². The summed E-state index contributed by atoms with van der Waals surface area (Å²) in [6.07, 6.45) is 1.85. The van der Waals surface area contributed by atoms with E-state index in [4.69, 9.17) is 16.7 Å². The molecule has 0 fully saturated rings. The smallest absolute Gasteiger partial charge is 0.0443 e. The van der Waals surface area contributed by atoms with Crippen molar-refractivity contribution in [2.45, 2.75) is 25.8 Å². The molecule has 1 aromatic rings. The molecular weight excluding hydrogens is 222 g/mol. The van der Waals surface area contributed by atoms with Crippen molar-refractivity contribution >= 4 is 11.6 Å². The van der Waals surface area contributed by atoms with Crippen molar-refractivity contribution in [3.63, 3.8) is 0 Å². The minimum Gasteiger partial charge on any atom is -0.396 e. The molecule has 1 aromatic carbocycles. The summed E-state index contributed by atoms with van der Waals surface area (Å²) in [7, 11) is 2.09. The molecule has 0 heterocycles. The van der Waals surface area contributed by atoms with Gasteiger partial charge in [-0.05, 0) is 44.5 Å². The van der Waals surface area contributed by atoms with Crippen molar-refractivity contribution in [3.05, 3.63) is 34.9 Å². The fourth-order valence-electron chi connectivity index (χ4n) is 1.66. The lowest BCUT2D eigenvalue weighted by atomic mass is 10.1. The van der Waals surface area contributed by atoms with Gasteiger partial charge in [0.2, 0.25) is 0 Å². The molecular formula is C13H20ClNO. The highest BCUT2D eigenvalue weighted by Gasteiger charge is 2.09. The van der Waals surface area contributed by atoms with Crippen LogP contribution in [0.15, 0.2) is 24.3 Å². The van der Waals surface area contributed by atoms with Gasteiger partial charge in [-0.25, -0.2) is 0 Å². The highest BCUT2D eigenvalue weighted by atomic mass is 35.5. The summed E-state index contributed by atoms with van der Waals surface area (Å²) in [5.41, 5.74) is 1.30.